The molecule has 2 aromatic heterocycles. The van der Waals surface area contributed by atoms with Crippen LogP contribution in [0.1, 0.15) is 5.56 Å². The smallest absolute Gasteiger partial charge is 0.271 e. The Morgan fingerprint density at radius 2 is 1.73 bits per heavy atom. The third-order valence-corrected chi connectivity index (χ3v) is 4.50. The van der Waals surface area contributed by atoms with Crippen molar-refractivity contribution in [3.63, 3.8) is 0 Å². The highest BCUT2D eigenvalue weighted by Crippen LogP contribution is 2.26. The van der Waals surface area contributed by atoms with Gasteiger partial charge in [-0.25, -0.2) is 9.97 Å². The predicted octanol–water partition coefficient (Wildman–Crippen LogP) is 3.74. The van der Waals surface area contributed by atoms with E-state index in [2.05, 4.69) is 16.0 Å². The van der Waals surface area contributed by atoms with E-state index in [0.29, 0.717) is 28.2 Å². The van der Waals surface area contributed by atoms with Crippen molar-refractivity contribution in [1.82, 2.24) is 14.5 Å². The maximum absolute atomic E-state index is 13.3. The highest BCUT2D eigenvalue weighted by molar-refractivity contribution is 5.74. The average molecular weight is 395 g/mol. The van der Waals surface area contributed by atoms with Gasteiger partial charge in [0.1, 0.15) is 0 Å². The van der Waals surface area contributed by atoms with Crippen molar-refractivity contribution in [2.24, 2.45) is 0 Å². The maximum Gasteiger partial charge on any atom is 0.271 e. The summed E-state index contributed by atoms with van der Waals surface area (Å²) in [5.74, 6) is 0.382. The SMILES string of the molecule is N#Cc1ccccc1-c1cc(-c2ncccn2)cn(-c2cccc([N+](=O)[O-])c2)c1=O. The number of hydrogen-bond acceptors (Lipinski definition) is 6. The van der Waals surface area contributed by atoms with Crippen molar-refractivity contribution in [2.75, 3.05) is 0 Å². The van der Waals surface area contributed by atoms with Gasteiger partial charge >= 0.3 is 0 Å². The number of benzene rings is 2. The number of nitro benzene ring substituents is 1. The molecule has 0 amide bonds. The van der Waals surface area contributed by atoms with E-state index in [4.69, 9.17) is 0 Å². The van der Waals surface area contributed by atoms with Crippen LogP contribution in [0.15, 0.2) is 84.0 Å². The van der Waals surface area contributed by atoms with Gasteiger partial charge in [0.2, 0.25) is 0 Å². The molecule has 4 rings (SSSR count). The Balaban J connectivity index is 2.04. The maximum atomic E-state index is 13.3. The van der Waals surface area contributed by atoms with Crippen LogP contribution in [0, 0.1) is 21.4 Å². The Bertz CT molecular complexity index is 1360. The summed E-state index contributed by atoms with van der Waals surface area (Å²) >= 11 is 0. The fourth-order valence-electron chi connectivity index (χ4n) is 3.11. The molecule has 0 bridgehead atoms. The molecule has 0 saturated carbocycles. The molecule has 30 heavy (non-hydrogen) atoms. The minimum atomic E-state index is -0.523. The molecule has 0 saturated heterocycles. The fraction of sp³-hybridized carbons (Fsp3) is 0. The predicted molar refractivity (Wildman–Crippen MR) is 110 cm³/mol. The number of non-ortho nitro benzene ring substituents is 1. The van der Waals surface area contributed by atoms with Gasteiger partial charge in [-0.3, -0.25) is 19.5 Å². The zero-order valence-corrected chi connectivity index (χ0v) is 15.5. The molecule has 0 spiro atoms. The van der Waals surface area contributed by atoms with Crippen LogP contribution < -0.4 is 5.56 Å². The normalized spacial score (nSPS) is 10.4. The zero-order valence-electron chi connectivity index (χ0n) is 15.5. The van der Waals surface area contributed by atoms with Crippen LogP contribution >= 0.6 is 0 Å². The van der Waals surface area contributed by atoms with E-state index in [0.717, 1.165) is 0 Å². The fourth-order valence-corrected chi connectivity index (χ4v) is 3.11. The lowest BCUT2D eigenvalue weighted by Gasteiger charge is -2.12. The third kappa shape index (κ3) is 3.43. The second kappa shape index (κ2) is 7.77. The van der Waals surface area contributed by atoms with E-state index in [9.17, 15) is 20.2 Å². The van der Waals surface area contributed by atoms with Crippen LogP contribution in [0.3, 0.4) is 0 Å². The standard InChI is InChI=1S/C22H13N5O3/c23-13-15-5-1-2-8-19(15)20-11-16(21-24-9-4-10-25-21)14-26(22(20)28)17-6-3-7-18(12-17)27(29)30/h1-12,14H. The van der Waals surface area contributed by atoms with Gasteiger partial charge in [0.15, 0.2) is 5.82 Å². The van der Waals surface area contributed by atoms with Gasteiger partial charge in [0, 0.05) is 47.4 Å². The molecule has 0 unspecified atom stereocenters. The number of hydrogen-bond donors (Lipinski definition) is 0. The van der Waals surface area contributed by atoms with E-state index < -0.39 is 10.5 Å². The van der Waals surface area contributed by atoms with Gasteiger partial charge in [-0.1, -0.05) is 24.3 Å². The summed E-state index contributed by atoms with van der Waals surface area (Å²) in [5, 5.41) is 20.7. The number of nitrogens with zero attached hydrogens (tertiary/aromatic N) is 5. The number of pyridine rings is 1. The molecular formula is C22H13N5O3. The Kier molecular flexibility index (Phi) is 4.85. The van der Waals surface area contributed by atoms with Crippen molar-refractivity contribution < 1.29 is 4.92 Å². The first-order valence-electron chi connectivity index (χ1n) is 8.87. The monoisotopic (exact) mass is 395 g/mol. The van der Waals surface area contributed by atoms with E-state index in [-0.39, 0.29) is 11.3 Å². The first kappa shape index (κ1) is 18.7. The quantitative estimate of drug-likeness (QED) is 0.384. The van der Waals surface area contributed by atoms with Gasteiger partial charge in [-0.2, -0.15) is 5.26 Å². The van der Waals surface area contributed by atoms with Gasteiger partial charge < -0.3 is 0 Å². The molecule has 0 N–H and O–H groups in total. The molecule has 0 radical (unpaired) electrons. The van der Waals surface area contributed by atoms with Gasteiger partial charge in [0.05, 0.1) is 22.2 Å². The lowest BCUT2D eigenvalue weighted by atomic mass is 10.00. The number of rotatable bonds is 4. The topological polar surface area (TPSA) is 115 Å². The molecule has 4 aromatic rings. The third-order valence-electron chi connectivity index (χ3n) is 4.50. The molecule has 2 heterocycles. The summed E-state index contributed by atoms with van der Waals surface area (Å²) in [5.41, 5.74) is 1.36. The Hall–Kier alpha value is -4.64. The van der Waals surface area contributed by atoms with E-state index in [1.165, 1.54) is 29.0 Å². The lowest BCUT2D eigenvalue weighted by molar-refractivity contribution is -0.384. The average Bonchev–Trinajstić information content (AvgIpc) is 2.80. The van der Waals surface area contributed by atoms with Crippen molar-refractivity contribution >= 4 is 5.69 Å². The highest BCUT2D eigenvalue weighted by Gasteiger charge is 2.16. The molecular weight excluding hydrogens is 382 g/mol. The van der Waals surface area contributed by atoms with E-state index >= 15 is 0 Å². The second-order valence-corrected chi connectivity index (χ2v) is 6.32. The number of nitro groups is 1. The van der Waals surface area contributed by atoms with Crippen molar-refractivity contribution in [1.29, 1.82) is 5.26 Å². The van der Waals surface area contributed by atoms with Crippen LogP contribution in [0.25, 0.3) is 28.2 Å². The van der Waals surface area contributed by atoms with Crippen LogP contribution in [0.5, 0.6) is 0 Å². The van der Waals surface area contributed by atoms with Crippen molar-refractivity contribution in [3.8, 4) is 34.3 Å². The molecule has 0 atom stereocenters. The molecule has 8 nitrogen and oxygen atoms in total. The Morgan fingerprint density at radius 3 is 2.47 bits per heavy atom. The first-order valence-corrected chi connectivity index (χ1v) is 8.87. The second-order valence-electron chi connectivity index (χ2n) is 6.32. The minimum absolute atomic E-state index is 0.139. The first-order chi connectivity index (χ1) is 14.6. The molecule has 8 heteroatoms. The minimum Gasteiger partial charge on any atom is -0.283 e. The molecule has 0 aliphatic carbocycles. The summed E-state index contributed by atoms with van der Waals surface area (Å²) in [4.78, 5) is 32.5. The largest absolute Gasteiger partial charge is 0.283 e. The lowest BCUT2D eigenvalue weighted by Crippen LogP contribution is -2.20. The number of nitriles is 1. The molecule has 2 aromatic carbocycles. The molecule has 0 aliphatic heterocycles. The van der Waals surface area contributed by atoms with Crippen LogP contribution in [0.4, 0.5) is 5.69 Å². The van der Waals surface area contributed by atoms with Crippen LogP contribution in [0.2, 0.25) is 0 Å². The van der Waals surface area contributed by atoms with E-state index in [1.54, 1.807) is 54.9 Å². The summed E-state index contributed by atoms with van der Waals surface area (Å²) < 4.78 is 1.31. The molecule has 144 valence electrons. The van der Waals surface area contributed by atoms with Crippen LogP contribution in [-0.4, -0.2) is 19.5 Å². The van der Waals surface area contributed by atoms with Crippen molar-refractivity contribution in [3.05, 3.63) is 105 Å². The van der Waals surface area contributed by atoms with Gasteiger partial charge in [-0.15, -0.1) is 0 Å². The Labute approximate surface area is 170 Å². The number of aromatic nitrogens is 3. The zero-order chi connectivity index (χ0) is 21.1. The van der Waals surface area contributed by atoms with Crippen molar-refractivity contribution in [2.45, 2.75) is 0 Å². The van der Waals surface area contributed by atoms with Gasteiger partial charge in [-0.05, 0) is 24.3 Å². The highest BCUT2D eigenvalue weighted by atomic mass is 16.6. The van der Waals surface area contributed by atoms with Gasteiger partial charge in [0.25, 0.3) is 11.2 Å². The van der Waals surface area contributed by atoms with Crippen LogP contribution in [-0.2, 0) is 0 Å². The Morgan fingerprint density at radius 1 is 0.967 bits per heavy atom. The summed E-state index contributed by atoms with van der Waals surface area (Å²) in [6.07, 6.45) is 4.69. The summed E-state index contributed by atoms with van der Waals surface area (Å²) in [6, 6.07) is 17.9. The van der Waals surface area contributed by atoms with E-state index in [1.807, 2.05) is 0 Å². The summed E-state index contributed by atoms with van der Waals surface area (Å²) in [7, 11) is 0. The molecule has 0 fully saturated rings. The molecule has 0 aliphatic rings. The summed E-state index contributed by atoms with van der Waals surface area (Å²) in [6.45, 7) is 0.